The van der Waals surface area contributed by atoms with Crippen LogP contribution < -0.4 is 10.6 Å². The molecule has 2 N–H and O–H groups in total. The summed E-state index contributed by atoms with van der Waals surface area (Å²) in [5, 5.41) is 5.18. The molecule has 1 aromatic carbocycles. The number of nitrogens with zero attached hydrogens (tertiary/aromatic N) is 1. The van der Waals surface area contributed by atoms with Crippen LogP contribution in [0.3, 0.4) is 0 Å². The number of benzene rings is 1. The molecule has 0 saturated carbocycles. The highest BCUT2D eigenvalue weighted by atomic mass is 35.5. The molecule has 0 spiro atoms. The smallest absolute Gasteiger partial charge is 0.262 e. The third-order valence-corrected chi connectivity index (χ3v) is 3.50. The van der Waals surface area contributed by atoms with E-state index in [4.69, 9.17) is 0 Å². The predicted molar refractivity (Wildman–Crippen MR) is 84.5 cm³/mol. The number of halogens is 3. The lowest BCUT2D eigenvalue weighted by Gasteiger charge is -2.20. The monoisotopic (exact) mass is 347 g/mol. The summed E-state index contributed by atoms with van der Waals surface area (Å²) in [4.78, 5) is 25.0. The minimum Gasteiger partial charge on any atom is -0.350 e. The van der Waals surface area contributed by atoms with Crippen molar-refractivity contribution in [2.75, 3.05) is 20.1 Å². The van der Waals surface area contributed by atoms with E-state index in [0.29, 0.717) is 6.54 Å². The lowest BCUT2D eigenvalue weighted by molar-refractivity contribution is -0.136. The van der Waals surface area contributed by atoms with Crippen LogP contribution in [0.4, 0.5) is 8.78 Å². The van der Waals surface area contributed by atoms with E-state index in [1.165, 1.54) is 11.9 Å². The number of likely N-dealkylation sites (N-methyl/N-ethyl adjacent to an activating group) is 1. The van der Waals surface area contributed by atoms with Gasteiger partial charge >= 0.3 is 0 Å². The zero-order chi connectivity index (χ0) is 16.2. The lowest BCUT2D eigenvalue weighted by Crippen LogP contribution is -2.45. The molecule has 1 fully saturated rings. The normalized spacial score (nSPS) is 18.8. The first-order chi connectivity index (χ1) is 10.4. The predicted octanol–water partition coefficient (Wildman–Crippen LogP) is 1.18. The van der Waals surface area contributed by atoms with Gasteiger partial charge in [0.2, 0.25) is 11.8 Å². The number of amides is 2. The van der Waals surface area contributed by atoms with Crippen LogP contribution in [-0.2, 0) is 16.1 Å². The fourth-order valence-electron chi connectivity index (χ4n) is 2.30. The van der Waals surface area contributed by atoms with Crippen LogP contribution in [0.2, 0.25) is 0 Å². The van der Waals surface area contributed by atoms with E-state index in [1.807, 2.05) is 30.3 Å². The highest BCUT2D eigenvalue weighted by Gasteiger charge is 2.43. The van der Waals surface area contributed by atoms with Crippen molar-refractivity contribution in [2.45, 2.75) is 24.9 Å². The molecule has 2 rings (SSSR count). The van der Waals surface area contributed by atoms with Crippen molar-refractivity contribution in [3.63, 3.8) is 0 Å². The summed E-state index contributed by atoms with van der Waals surface area (Å²) in [5.74, 6) is -3.69. The van der Waals surface area contributed by atoms with Gasteiger partial charge < -0.3 is 10.2 Å². The third-order valence-electron chi connectivity index (χ3n) is 3.50. The van der Waals surface area contributed by atoms with Gasteiger partial charge in [-0.15, -0.1) is 12.4 Å². The molecule has 128 valence electrons. The summed E-state index contributed by atoms with van der Waals surface area (Å²) in [5.41, 5.74) is 0.946. The molecule has 0 aliphatic carbocycles. The second-order valence-corrected chi connectivity index (χ2v) is 5.45. The number of carbonyl (C=O) groups is 2. The Kier molecular flexibility index (Phi) is 6.90. The SMILES string of the molecule is CN(CC(=O)NCc1ccccc1)C(=O)C1CC(F)(F)CN1.Cl. The van der Waals surface area contributed by atoms with Crippen LogP contribution >= 0.6 is 12.4 Å². The molecule has 0 bridgehead atoms. The molecule has 5 nitrogen and oxygen atoms in total. The van der Waals surface area contributed by atoms with Crippen molar-refractivity contribution in [1.29, 1.82) is 0 Å². The first kappa shape index (κ1) is 19.3. The maximum atomic E-state index is 13.1. The van der Waals surface area contributed by atoms with Crippen molar-refractivity contribution in [2.24, 2.45) is 0 Å². The van der Waals surface area contributed by atoms with E-state index in [-0.39, 0.29) is 24.9 Å². The molecule has 1 unspecified atom stereocenters. The molecule has 1 atom stereocenters. The lowest BCUT2D eigenvalue weighted by atomic mass is 10.1. The van der Waals surface area contributed by atoms with Gasteiger partial charge in [0, 0.05) is 20.0 Å². The number of alkyl halides is 2. The second kappa shape index (κ2) is 8.21. The van der Waals surface area contributed by atoms with Gasteiger partial charge in [0.25, 0.3) is 5.92 Å². The topological polar surface area (TPSA) is 61.4 Å². The molecule has 8 heteroatoms. The highest BCUT2D eigenvalue weighted by Crippen LogP contribution is 2.25. The highest BCUT2D eigenvalue weighted by molar-refractivity contribution is 5.87. The fraction of sp³-hybridized carbons (Fsp3) is 0.467. The first-order valence-electron chi connectivity index (χ1n) is 7.04. The molecular formula is C15H20ClF2N3O2. The summed E-state index contributed by atoms with van der Waals surface area (Å²) < 4.78 is 26.2. The van der Waals surface area contributed by atoms with Gasteiger partial charge in [-0.3, -0.25) is 14.9 Å². The first-order valence-corrected chi connectivity index (χ1v) is 7.04. The van der Waals surface area contributed by atoms with E-state index in [9.17, 15) is 18.4 Å². The molecule has 1 heterocycles. The molecular weight excluding hydrogens is 328 g/mol. The number of hydrogen-bond donors (Lipinski definition) is 2. The average Bonchev–Trinajstić information content (AvgIpc) is 2.85. The van der Waals surface area contributed by atoms with Gasteiger partial charge in [-0.1, -0.05) is 30.3 Å². The van der Waals surface area contributed by atoms with Crippen LogP contribution in [-0.4, -0.2) is 48.8 Å². The standard InChI is InChI=1S/C15H19F2N3O2.ClH/c1-20(14(22)12-7-15(16,17)10-19-12)9-13(21)18-8-11-5-3-2-4-6-11;/h2-6,12,19H,7-10H2,1H3,(H,18,21);1H. The molecule has 0 radical (unpaired) electrons. The van der Waals surface area contributed by atoms with Gasteiger partial charge in [0.1, 0.15) is 0 Å². The van der Waals surface area contributed by atoms with Gasteiger partial charge in [-0.2, -0.15) is 0 Å². The Balaban J connectivity index is 0.00000264. The van der Waals surface area contributed by atoms with Crippen molar-refractivity contribution >= 4 is 24.2 Å². The minimum atomic E-state index is -2.86. The maximum Gasteiger partial charge on any atom is 0.262 e. The van der Waals surface area contributed by atoms with Crippen molar-refractivity contribution in [3.05, 3.63) is 35.9 Å². The zero-order valence-electron chi connectivity index (χ0n) is 12.7. The summed E-state index contributed by atoms with van der Waals surface area (Å²) in [6.45, 7) is -0.297. The van der Waals surface area contributed by atoms with E-state index in [0.717, 1.165) is 5.56 Å². The van der Waals surface area contributed by atoms with Gasteiger partial charge in [0.15, 0.2) is 0 Å². The number of rotatable bonds is 5. The average molecular weight is 348 g/mol. The number of carbonyl (C=O) groups excluding carboxylic acids is 2. The van der Waals surface area contributed by atoms with Crippen molar-refractivity contribution in [1.82, 2.24) is 15.5 Å². The Morgan fingerprint density at radius 3 is 2.57 bits per heavy atom. The van der Waals surface area contributed by atoms with E-state index in [2.05, 4.69) is 10.6 Å². The van der Waals surface area contributed by atoms with Gasteiger partial charge in [-0.25, -0.2) is 8.78 Å². The Hall–Kier alpha value is -1.73. The van der Waals surface area contributed by atoms with Crippen molar-refractivity contribution in [3.8, 4) is 0 Å². The van der Waals surface area contributed by atoms with E-state index in [1.54, 1.807) is 0 Å². The van der Waals surface area contributed by atoms with Gasteiger partial charge in [0.05, 0.1) is 19.1 Å². The van der Waals surface area contributed by atoms with Crippen LogP contribution in [0.25, 0.3) is 0 Å². The van der Waals surface area contributed by atoms with Crippen LogP contribution in [0.15, 0.2) is 30.3 Å². The summed E-state index contributed by atoms with van der Waals surface area (Å²) in [6, 6.07) is 8.43. The fourth-order valence-corrected chi connectivity index (χ4v) is 2.30. The Morgan fingerprint density at radius 1 is 1.35 bits per heavy atom. The van der Waals surface area contributed by atoms with Gasteiger partial charge in [-0.05, 0) is 5.56 Å². The largest absolute Gasteiger partial charge is 0.350 e. The molecule has 2 amide bonds. The van der Waals surface area contributed by atoms with E-state index >= 15 is 0 Å². The number of hydrogen-bond acceptors (Lipinski definition) is 3. The summed E-state index contributed by atoms with van der Waals surface area (Å²) >= 11 is 0. The number of nitrogens with one attached hydrogen (secondary N) is 2. The quantitative estimate of drug-likeness (QED) is 0.841. The Morgan fingerprint density at radius 2 is 2.00 bits per heavy atom. The third kappa shape index (κ3) is 5.76. The van der Waals surface area contributed by atoms with Crippen LogP contribution in [0.1, 0.15) is 12.0 Å². The molecule has 0 aromatic heterocycles. The summed E-state index contributed by atoms with van der Waals surface area (Å²) in [6.07, 6.45) is -0.526. The minimum absolute atomic E-state index is 0. The maximum absolute atomic E-state index is 13.1. The van der Waals surface area contributed by atoms with Crippen LogP contribution in [0, 0.1) is 0 Å². The van der Waals surface area contributed by atoms with Crippen LogP contribution in [0.5, 0.6) is 0 Å². The molecule has 23 heavy (non-hydrogen) atoms. The summed E-state index contributed by atoms with van der Waals surface area (Å²) in [7, 11) is 1.43. The molecule has 1 aromatic rings. The Labute approximate surface area is 139 Å². The molecule has 1 saturated heterocycles. The molecule has 1 aliphatic rings. The molecule has 1 aliphatic heterocycles. The van der Waals surface area contributed by atoms with Crippen molar-refractivity contribution < 1.29 is 18.4 Å². The second-order valence-electron chi connectivity index (χ2n) is 5.45. The van der Waals surface area contributed by atoms with E-state index < -0.39 is 30.8 Å². The Bertz CT molecular complexity index is 543. The zero-order valence-corrected chi connectivity index (χ0v) is 13.5.